The van der Waals surface area contributed by atoms with E-state index in [1.54, 1.807) is 11.8 Å². The number of nitrogens with two attached hydrogens (primary N) is 1. The van der Waals surface area contributed by atoms with Crippen LogP contribution in [0.5, 0.6) is 0 Å². The molecular weight excluding hydrogens is 160 g/mol. The predicted molar refractivity (Wildman–Crippen MR) is 47.6 cm³/mol. The highest BCUT2D eigenvalue weighted by Crippen LogP contribution is 2.09. The van der Waals surface area contributed by atoms with Crippen LogP contribution in [-0.4, -0.2) is 41.9 Å². The standard InChI is InChI=1S/C7H14N2OS/c1-11-3-2-9-5-6(8)4-7(9)10/h6H,2-5,8H2,1H3. The molecule has 0 aromatic rings. The molecule has 11 heavy (non-hydrogen) atoms. The second-order valence-electron chi connectivity index (χ2n) is 2.80. The number of likely N-dealkylation sites (tertiary alicyclic amines) is 1. The lowest BCUT2D eigenvalue weighted by atomic mass is 10.3. The molecule has 0 aromatic carbocycles. The molecule has 1 fully saturated rings. The molecular formula is C7H14N2OS. The van der Waals surface area contributed by atoms with E-state index in [4.69, 9.17) is 5.73 Å². The van der Waals surface area contributed by atoms with Crippen LogP contribution in [0.1, 0.15) is 6.42 Å². The molecule has 1 aliphatic rings. The fourth-order valence-electron chi connectivity index (χ4n) is 1.22. The van der Waals surface area contributed by atoms with Gasteiger partial charge in [-0.15, -0.1) is 0 Å². The quantitative estimate of drug-likeness (QED) is 0.650. The SMILES string of the molecule is CSCCN1CC(N)CC1=O. The van der Waals surface area contributed by atoms with Gasteiger partial charge in [0.2, 0.25) is 5.91 Å². The Bertz CT molecular complexity index is 151. The van der Waals surface area contributed by atoms with Gasteiger partial charge in [-0.3, -0.25) is 4.79 Å². The molecule has 0 radical (unpaired) electrons. The van der Waals surface area contributed by atoms with Gasteiger partial charge in [0.15, 0.2) is 0 Å². The fraction of sp³-hybridized carbons (Fsp3) is 0.857. The Morgan fingerprint density at radius 2 is 2.55 bits per heavy atom. The molecule has 64 valence electrons. The van der Waals surface area contributed by atoms with Crippen molar-refractivity contribution in [2.45, 2.75) is 12.5 Å². The van der Waals surface area contributed by atoms with Gasteiger partial charge < -0.3 is 10.6 Å². The zero-order valence-electron chi connectivity index (χ0n) is 6.75. The molecule has 2 N–H and O–H groups in total. The molecule has 0 aromatic heterocycles. The Labute approximate surface area is 71.3 Å². The first kappa shape index (κ1) is 8.87. The van der Waals surface area contributed by atoms with E-state index >= 15 is 0 Å². The van der Waals surface area contributed by atoms with Crippen molar-refractivity contribution in [3.8, 4) is 0 Å². The number of amides is 1. The highest BCUT2D eigenvalue weighted by Gasteiger charge is 2.25. The van der Waals surface area contributed by atoms with Gasteiger partial charge in [-0.05, 0) is 6.26 Å². The van der Waals surface area contributed by atoms with Crippen molar-refractivity contribution < 1.29 is 4.79 Å². The van der Waals surface area contributed by atoms with Crippen LogP contribution in [0.15, 0.2) is 0 Å². The summed E-state index contributed by atoms with van der Waals surface area (Å²) in [7, 11) is 0. The van der Waals surface area contributed by atoms with E-state index in [1.165, 1.54) is 0 Å². The van der Waals surface area contributed by atoms with Crippen molar-refractivity contribution >= 4 is 17.7 Å². The van der Waals surface area contributed by atoms with Crippen LogP contribution < -0.4 is 5.73 Å². The molecule has 1 heterocycles. The third-order valence-corrected chi connectivity index (χ3v) is 2.40. The molecule has 1 amide bonds. The lowest BCUT2D eigenvalue weighted by Crippen LogP contribution is -2.30. The summed E-state index contributed by atoms with van der Waals surface area (Å²) in [5.74, 6) is 1.23. The molecule has 1 saturated heterocycles. The Hall–Kier alpha value is -0.220. The highest BCUT2D eigenvalue weighted by atomic mass is 32.2. The zero-order chi connectivity index (χ0) is 8.27. The minimum absolute atomic E-state index is 0.0735. The Morgan fingerprint density at radius 1 is 1.82 bits per heavy atom. The topological polar surface area (TPSA) is 46.3 Å². The maximum absolute atomic E-state index is 11.1. The monoisotopic (exact) mass is 174 g/mol. The van der Waals surface area contributed by atoms with Gasteiger partial charge in [-0.2, -0.15) is 11.8 Å². The molecule has 4 heteroatoms. The normalized spacial score (nSPS) is 24.7. The first-order valence-electron chi connectivity index (χ1n) is 3.76. The van der Waals surface area contributed by atoms with Crippen LogP contribution in [0, 0.1) is 0 Å². The lowest BCUT2D eigenvalue weighted by Gasteiger charge is -2.14. The summed E-state index contributed by atoms with van der Waals surface area (Å²) in [5, 5.41) is 0. The van der Waals surface area contributed by atoms with Crippen LogP contribution in [0.3, 0.4) is 0 Å². The lowest BCUT2D eigenvalue weighted by molar-refractivity contribution is -0.127. The van der Waals surface area contributed by atoms with Gasteiger partial charge in [0, 0.05) is 31.3 Å². The van der Waals surface area contributed by atoms with Crippen LogP contribution in [0.25, 0.3) is 0 Å². The summed E-state index contributed by atoms with van der Waals surface area (Å²) in [5.41, 5.74) is 5.62. The second-order valence-corrected chi connectivity index (χ2v) is 3.78. The summed E-state index contributed by atoms with van der Waals surface area (Å²) >= 11 is 1.76. The number of carbonyl (C=O) groups is 1. The second kappa shape index (κ2) is 3.97. The van der Waals surface area contributed by atoms with Crippen LogP contribution in [0.4, 0.5) is 0 Å². The molecule has 0 saturated carbocycles. The summed E-state index contributed by atoms with van der Waals surface area (Å²) in [4.78, 5) is 13.0. The summed E-state index contributed by atoms with van der Waals surface area (Å²) in [6.45, 7) is 1.60. The highest BCUT2D eigenvalue weighted by molar-refractivity contribution is 7.98. The molecule has 1 rings (SSSR count). The largest absolute Gasteiger partial charge is 0.340 e. The molecule has 1 atom stereocenters. The Balaban J connectivity index is 2.29. The van der Waals surface area contributed by atoms with E-state index in [0.29, 0.717) is 6.42 Å². The molecule has 3 nitrogen and oxygen atoms in total. The smallest absolute Gasteiger partial charge is 0.224 e. The van der Waals surface area contributed by atoms with Crippen molar-refractivity contribution in [3.05, 3.63) is 0 Å². The number of nitrogens with zero attached hydrogens (tertiary/aromatic N) is 1. The summed E-state index contributed by atoms with van der Waals surface area (Å²) in [6, 6.07) is 0.0735. The fourth-order valence-corrected chi connectivity index (χ4v) is 1.62. The molecule has 0 aliphatic carbocycles. The van der Waals surface area contributed by atoms with Crippen LogP contribution in [0.2, 0.25) is 0 Å². The minimum atomic E-state index is 0.0735. The third kappa shape index (κ3) is 2.38. The predicted octanol–water partition coefficient (Wildman–Crippen LogP) is -0.0910. The van der Waals surface area contributed by atoms with E-state index in [1.807, 2.05) is 11.2 Å². The first-order valence-corrected chi connectivity index (χ1v) is 5.15. The van der Waals surface area contributed by atoms with E-state index in [0.717, 1.165) is 18.8 Å². The number of hydrogen-bond acceptors (Lipinski definition) is 3. The van der Waals surface area contributed by atoms with Gasteiger partial charge >= 0.3 is 0 Å². The Kier molecular flexibility index (Phi) is 3.20. The van der Waals surface area contributed by atoms with E-state index in [2.05, 4.69) is 0 Å². The van der Waals surface area contributed by atoms with Gasteiger partial charge in [-0.1, -0.05) is 0 Å². The van der Waals surface area contributed by atoms with Crippen molar-refractivity contribution in [1.29, 1.82) is 0 Å². The van der Waals surface area contributed by atoms with Crippen LogP contribution in [-0.2, 0) is 4.79 Å². The van der Waals surface area contributed by atoms with Gasteiger partial charge in [0.05, 0.1) is 0 Å². The number of hydrogen-bond donors (Lipinski definition) is 1. The molecule has 1 aliphatic heterocycles. The average molecular weight is 174 g/mol. The minimum Gasteiger partial charge on any atom is -0.340 e. The van der Waals surface area contributed by atoms with Gasteiger partial charge in [0.1, 0.15) is 0 Å². The van der Waals surface area contributed by atoms with E-state index in [-0.39, 0.29) is 11.9 Å². The average Bonchev–Trinajstić information content (AvgIpc) is 2.26. The molecule has 1 unspecified atom stereocenters. The maximum atomic E-state index is 11.1. The zero-order valence-corrected chi connectivity index (χ0v) is 7.56. The first-order chi connectivity index (χ1) is 5.24. The third-order valence-electron chi connectivity index (χ3n) is 1.81. The number of thioether (sulfide) groups is 1. The Morgan fingerprint density at radius 3 is 3.00 bits per heavy atom. The summed E-state index contributed by atoms with van der Waals surface area (Å²) < 4.78 is 0. The van der Waals surface area contributed by atoms with Crippen molar-refractivity contribution in [3.63, 3.8) is 0 Å². The molecule has 0 spiro atoms. The van der Waals surface area contributed by atoms with E-state index in [9.17, 15) is 4.79 Å². The maximum Gasteiger partial charge on any atom is 0.224 e. The van der Waals surface area contributed by atoms with Crippen LogP contribution >= 0.6 is 11.8 Å². The van der Waals surface area contributed by atoms with Crippen molar-refractivity contribution in [1.82, 2.24) is 4.90 Å². The van der Waals surface area contributed by atoms with Crippen molar-refractivity contribution in [2.24, 2.45) is 5.73 Å². The number of rotatable bonds is 3. The van der Waals surface area contributed by atoms with E-state index < -0.39 is 0 Å². The van der Waals surface area contributed by atoms with Gasteiger partial charge in [0.25, 0.3) is 0 Å². The van der Waals surface area contributed by atoms with Crippen molar-refractivity contribution in [2.75, 3.05) is 25.1 Å². The summed E-state index contributed by atoms with van der Waals surface area (Å²) in [6.07, 6.45) is 2.58. The number of carbonyl (C=O) groups excluding carboxylic acids is 1. The van der Waals surface area contributed by atoms with Gasteiger partial charge in [-0.25, -0.2) is 0 Å². The molecule has 0 bridgehead atoms.